The predicted octanol–water partition coefficient (Wildman–Crippen LogP) is 4.85. The second-order valence-corrected chi connectivity index (χ2v) is 7.55. The van der Waals surface area contributed by atoms with Crippen molar-refractivity contribution in [2.24, 2.45) is 0 Å². The summed E-state index contributed by atoms with van der Waals surface area (Å²) in [6, 6.07) is 22.4. The Morgan fingerprint density at radius 3 is 1.83 bits per heavy atom. The lowest BCUT2D eigenvalue weighted by atomic mass is 9.87. The Labute approximate surface area is 174 Å². The zero-order valence-corrected chi connectivity index (χ0v) is 16.2. The van der Waals surface area contributed by atoms with Gasteiger partial charge in [0.15, 0.2) is 0 Å². The van der Waals surface area contributed by atoms with Gasteiger partial charge in [0.25, 0.3) is 0 Å². The number of nitrogens with one attached hydrogen (secondary N) is 3. The molecule has 6 heteroatoms. The second kappa shape index (κ2) is 7.55. The molecule has 2 aliphatic rings. The van der Waals surface area contributed by atoms with Gasteiger partial charge in [0.2, 0.25) is 5.91 Å². The van der Waals surface area contributed by atoms with E-state index in [2.05, 4.69) is 16.0 Å². The Hall–Kier alpha value is -3.80. The van der Waals surface area contributed by atoms with Crippen molar-refractivity contribution in [1.82, 2.24) is 5.32 Å². The van der Waals surface area contributed by atoms with Crippen LogP contribution in [0.15, 0.2) is 72.8 Å². The molecule has 0 unspecified atom stereocenters. The molecular formula is C24H21N3O3. The van der Waals surface area contributed by atoms with Gasteiger partial charge in [-0.3, -0.25) is 4.79 Å². The lowest BCUT2D eigenvalue weighted by Gasteiger charge is -2.27. The van der Waals surface area contributed by atoms with Gasteiger partial charge in [-0.05, 0) is 49.2 Å². The number of fused-ring (bicyclic) bond motifs is 2. The third kappa shape index (κ3) is 3.72. The van der Waals surface area contributed by atoms with Crippen LogP contribution in [0, 0.1) is 0 Å². The van der Waals surface area contributed by atoms with E-state index in [0.717, 1.165) is 24.0 Å². The lowest BCUT2D eigenvalue weighted by Crippen LogP contribution is -2.30. The van der Waals surface area contributed by atoms with Gasteiger partial charge in [0.05, 0.1) is 5.92 Å². The quantitative estimate of drug-likeness (QED) is 0.587. The first-order valence-electron chi connectivity index (χ1n) is 10.0. The Morgan fingerprint density at radius 2 is 1.27 bits per heavy atom. The number of hydrogen-bond acceptors (Lipinski definition) is 3. The van der Waals surface area contributed by atoms with Crippen LogP contribution in [0.4, 0.5) is 16.2 Å². The molecule has 0 aromatic heterocycles. The van der Waals surface area contributed by atoms with E-state index in [-0.39, 0.29) is 11.9 Å². The number of benzene rings is 3. The molecule has 3 N–H and O–H groups in total. The van der Waals surface area contributed by atoms with Crippen LogP contribution in [-0.2, 0) is 4.79 Å². The van der Waals surface area contributed by atoms with Crippen LogP contribution in [0.2, 0.25) is 0 Å². The highest BCUT2D eigenvalue weighted by Gasteiger charge is 2.32. The number of carbonyl (C=O) groups excluding carboxylic acids is 2. The number of carbonyl (C=O) groups is 2. The minimum atomic E-state index is -0.465. The van der Waals surface area contributed by atoms with Crippen LogP contribution in [-0.4, -0.2) is 18.0 Å². The molecule has 1 aliphatic heterocycles. The molecule has 0 bridgehead atoms. The van der Waals surface area contributed by atoms with Crippen molar-refractivity contribution < 1.29 is 14.3 Å². The maximum Gasteiger partial charge on any atom is 0.319 e. The van der Waals surface area contributed by atoms with Gasteiger partial charge in [0, 0.05) is 28.5 Å². The SMILES string of the molecule is O=C(Nc1ccc(NC(=O)C2c3ccccc3Oc3ccccc32)cc1)NC1CC1. The molecule has 1 saturated carbocycles. The molecule has 3 amide bonds. The Bertz CT molecular complexity index is 1060. The molecule has 150 valence electrons. The van der Waals surface area contributed by atoms with Crippen molar-refractivity contribution in [2.75, 3.05) is 10.6 Å². The van der Waals surface area contributed by atoms with Crippen LogP contribution in [0.3, 0.4) is 0 Å². The molecule has 0 spiro atoms. The topological polar surface area (TPSA) is 79.5 Å². The van der Waals surface area contributed by atoms with Crippen molar-refractivity contribution in [3.8, 4) is 11.5 Å². The average Bonchev–Trinajstić information content (AvgIpc) is 3.57. The molecule has 0 atom stereocenters. The summed E-state index contributed by atoms with van der Waals surface area (Å²) in [5.41, 5.74) is 3.01. The van der Waals surface area contributed by atoms with E-state index < -0.39 is 5.92 Å². The molecule has 30 heavy (non-hydrogen) atoms. The maximum atomic E-state index is 13.2. The van der Waals surface area contributed by atoms with Crippen molar-refractivity contribution in [2.45, 2.75) is 24.8 Å². The Balaban J connectivity index is 1.33. The molecule has 3 aromatic rings. The van der Waals surface area contributed by atoms with Crippen LogP contribution < -0.4 is 20.7 Å². The van der Waals surface area contributed by atoms with E-state index >= 15 is 0 Å². The summed E-state index contributed by atoms with van der Waals surface area (Å²) in [7, 11) is 0. The summed E-state index contributed by atoms with van der Waals surface area (Å²) in [5, 5.41) is 8.68. The largest absolute Gasteiger partial charge is 0.457 e. The number of anilines is 2. The van der Waals surface area contributed by atoms with Gasteiger partial charge in [-0.25, -0.2) is 4.79 Å². The standard InChI is InChI=1S/C24H21N3O3/c28-23(25-15-9-11-16(12-10-15)26-24(29)27-17-13-14-17)22-18-5-1-3-7-20(18)30-21-8-4-2-6-19(21)22/h1-12,17,22H,13-14H2,(H,25,28)(H2,26,27,29). The Kier molecular flexibility index (Phi) is 4.59. The molecule has 6 nitrogen and oxygen atoms in total. The molecule has 1 aliphatic carbocycles. The average molecular weight is 399 g/mol. The van der Waals surface area contributed by atoms with E-state index in [9.17, 15) is 9.59 Å². The molecule has 1 fully saturated rings. The number of hydrogen-bond donors (Lipinski definition) is 3. The first kappa shape index (κ1) is 18.2. The van der Waals surface area contributed by atoms with Crippen LogP contribution in [0.1, 0.15) is 29.9 Å². The summed E-state index contributed by atoms with van der Waals surface area (Å²) in [6.45, 7) is 0. The maximum absolute atomic E-state index is 13.2. The first-order valence-corrected chi connectivity index (χ1v) is 10.0. The van der Waals surface area contributed by atoms with E-state index in [1.807, 2.05) is 48.5 Å². The van der Waals surface area contributed by atoms with Gasteiger partial charge in [-0.2, -0.15) is 0 Å². The van der Waals surface area contributed by atoms with Gasteiger partial charge >= 0.3 is 6.03 Å². The summed E-state index contributed by atoms with van der Waals surface area (Å²) in [6.07, 6.45) is 2.08. The zero-order valence-electron chi connectivity index (χ0n) is 16.2. The van der Waals surface area contributed by atoms with Crippen molar-refractivity contribution >= 4 is 23.3 Å². The third-order valence-corrected chi connectivity index (χ3v) is 5.27. The highest BCUT2D eigenvalue weighted by Crippen LogP contribution is 2.44. The van der Waals surface area contributed by atoms with E-state index in [4.69, 9.17) is 4.74 Å². The van der Waals surface area contributed by atoms with Gasteiger partial charge in [-0.15, -0.1) is 0 Å². The third-order valence-electron chi connectivity index (χ3n) is 5.27. The highest BCUT2D eigenvalue weighted by molar-refractivity contribution is 6.00. The Morgan fingerprint density at radius 1 is 0.733 bits per heavy atom. The molecule has 0 radical (unpaired) electrons. The summed E-state index contributed by atoms with van der Waals surface area (Å²) in [5.74, 6) is 0.786. The van der Waals surface area contributed by atoms with Gasteiger partial charge in [-0.1, -0.05) is 36.4 Å². The van der Waals surface area contributed by atoms with Crippen molar-refractivity contribution in [3.05, 3.63) is 83.9 Å². The summed E-state index contributed by atoms with van der Waals surface area (Å²) >= 11 is 0. The van der Waals surface area contributed by atoms with E-state index in [0.29, 0.717) is 28.9 Å². The predicted molar refractivity (Wildman–Crippen MR) is 115 cm³/mol. The molecular weight excluding hydrogens is 378 g/mol. The lowest BCUT2D eigenvalue weighted by molar-refractivity contribution is -0.116. The molecule has 1 heterocycles. The fourth-order valence-electron chi connectivity index (χ4n) is 3.62. The molecule has 3 aromatic carbocycles. The zero-order chi connectivity index (χ0) is 20.5. The smallest absolute Gasteiger partial charge is 0.319 e. The monoisotopic (exact) mass is 399 g/mol. The summed E-state index contributed by atoms with van der Waals surface area (Å²) in [4.78, 5) is 25.1. The number of amides is 3. The number of para-hydroxylation sites is 2. The molecule has 5 rings (SSSR count). The van der Waals surface area contributed by atoms with Gasteiger partial charge < -0.3 is 20.7 Å². The summed E-state index contributed by atoms with van der Waals surface area (Å²) < 4.78 is 5.97. The van der Waals surface area contributed by atoms with Crippen molar-refractivity contribution in [3.63, 3.8) is 0 Å². The number of rotatable bonds is 4. The van der Waals surface area contributed by atoms with E-state index in [1.54, 1.807) is 24.3 Å². The fourth-order valence-corrected chi connectivity index (χ4v) is 3.62. The minimum Gasteiger partial charge on any atom is -0.457 e. The van der Waals surface area contributed by atoms with Crippen molar-refractivity contribution in [1.29, 1.82) is 0 Å². The van der Waals surface area contributed by atoms with Gasteiger partial charge in [0.1, 0.15) is 11.5 Å². The van der Waals surface area contributed by atoms with Crippen LogP contribution >= 0.6 is 0 Å². The fraction of sp³-hybridized carbons (Fsp3) is 0.167. The normalized spacial score (nSPS) is 14.7. The second-order valence-electron chi connectivity index (χ2n) is 7.55. The highest BCUT2D eigenvalue weighted by atomic mass is 16.5. The number of urea groups is 1. The number of ether oxygens (including phenoxy) is 1. The minimum absolute atomic E-state index is 0.134. The first-order chi connectivity index (χ1) is 14.7. The van der Waals surface area contributed by atoms with Crippen LogP contribution in [0.5, 0.6) is 11.5 Å². The molecule has 0 saturated heterocycles. The van der Waals surface area contributed by atoms with Crippen LogP contribution in [0.25, 0.3) is 0 Å². The van der Waals surface area contributed by atoms with E-state index in [1.165, 1.54) is 0 Å².